The zero-order valence-corrected chi connectivity index (χ0v) is 12.4. The molecule has 2 rings (SSSR count). The molecule has 1 aliphatic heterocycles. The maximum absolute atomic E-state index is 3.47. The lowest BCUT2D eigenvalue weighted by Crippen LogP contribution is -2.39. The molecule has 100 valence electrons. The van der Waals surface area contributed by atoms with Crippen molar-refractivity contribution in [2.24, 2.45) is 5.41 Å². The first-order valence-corrected chi connectivity index (χ1v) is 6.99. The van der Waals surface area contributed by atoms with Crippen molar-refractivity contribution in [2.75, 3.05) is 23.8 Å². The summed E-state index contributed by atoms with van der Waals surface area (Å²) in [6.07, 6.45) is 2.45. The van der Waals surface area contributed by atoms with Crippen LogP contribution in [0, 0.1) is 5.41 Å². The highest BCUT2D eigenvalue weighted by Gasteiger charge is 2.24. The Bertz CT molecular complexity index is 418. The molecule has 1 aromatic rings. The first kappa shape index (κ1) is 13.3. The Morgan fingerprint density at radius 3 is 2.67 bits per heavy atom. The lowest BCUT2D eigenvalue weighted by Gasteiger charge is -2.37. The molecule has 0 saturated heterocycles. The number of nitrogens with zero attached hydrogens (tertiary/aromatic N) is 1. The number of nitrogens with one attached hydrogen (secondary N) is 1. The molecule has 2 nitrogen and oxygen atoms in total. The van der Waals surface area contributed by atoms with Crippen molar-refractivity contribution in [2.45, 2.75) is 46.6 Å². The Morgan fingerprint density at radius 1 is 1.28 bits per heavy atom. The van der Waals surface area contributed by atoms with Crippen LogP contribution in [0.15, 0.2) is 18.2 Å². The molecule has 1 N–H and O–H groups in total. The van der Waals surface area contributed by atoms with Gasteiger partial charge >= 0.3 is 0 Å². The molecule has 18 heavy (non-hydrogen) atoms. The van der Waals surface area contributed by atoms with Gasteiger partial charge in [-0.05, 0) is 48.9 Å². The van der Waals surface area contributed by atoms with Gasteiger partial charge in [0, 0.05) is 31.0 Å². The summed E-state index contributed by atoms with van der Waals surface area (Å²) in [6, 6.07) is 7.34. The van der Waals surface area contributed by atoms with Crippen LogP contribution in [-0.4, -0.2) is 19.6 Å². The third kappa shape index (κ3) is 2.63. The highest BCUT2D eigenvalue weighted by atomic mass is 15.1. The number of anilines is 2. The van der Waals surface area contributed by atoms with Crippen molar-refractivity contribution in [3.05, 3.63) is 23.8 Å². The second kappa shape index (κ2) is 4.83. The van der Waals surface area contributed by atoms with Crippen LogP contribution in [0.5, 0.6) is 0 Å². The lowest BCUT2D eigenvalue weighted by atomic mass is 9.87. The molecule has 0 spiro atoms. The van der Waals surface area contributed by atoms with Gasteiger partial charge in [-0.1, -0.05) is 20.8 Å². The monoisotopic (exact) mass is 246 g/mol. The molecule has 0 fully saturated rings. The van der Waals surface area contributed by atoms with Gasteiger partial charge in [0.05, 0.1) is 0 Å². The number of benzene rings is 1. The highest BCUT2D eigenvalue weighted by Crippen LogP contribution is 2.31. The average molecular weight is 246 g/mol. The summed E-state index contributed by atoms with van der Waals surface area (Å²) in [6.45, 7) is 10.3. The van der Waals surface area contributed by atoms with Gasteiger partial charge in [0.1, 0.15) is 0 Å². The third-order valence-corrected chi connectivity index (χ3v) is 4.27. The highest BCUT2D eigenvalue weighted by molar-refractivity contribution is 5.61. The van der Waals surface area contributed by atoms with E-state index in [0.29, 0.717) is 11.5 Å². The Balaban J connectivity index is 2.23. The summed E-state index contributed by atoms with van der Waals surface area (Å²) in [5.41, 5.74) is 4.41. The molecule has 0 amide bonds. The zero-order valence-electron chi connectivity index (χ0n) is 12.4. The van der Waals surface area contributed by atoms with Gasteiger partial charge < -0.3 is 10.2 Å². The Kier molecular flexibility index (Phi) is 3.56. The molecular formula is C16H26N2. The maximum Gasteiger partial charge on any atom is 0.0374 e. The SMILES string of the molecule is CC(N(C)c1ccc2c(c1)CCCN2)C(C)(C)C. The van der Waals surface area contributed by atoms with Gasteiger partial charge in [0.25, 0.3) is 0 Å². The van der Waals surface area contributed by atoms with E-state index >= 15 is 0 Å². The summed E-state index contributed by atoms with van der Waals surface area (Å²) < 4.78 is 0. The van der Waals surface area contributed by atoms with Crippen molar-refractivity contribution in [3.8, 4) is 0 Å². The topological polar surface area (TPSA) is 15.3 Å². The van der Waals surface area contributed by atoms with Crippen LogP contribution in [0.25, 0.3) is 0 Å². The average Bonchev–Trinajstić information content (AvgIpc) is 2.35. The summed E-state index contributed by atoms with van der Waals surface area (Å²) in [5.74, 6) is 0. The van der Waals surface area contributed by atoms with Gasteiger partial charge in [-0.15, -0.1) is 0 Å². The quantitative estimate of drug-likeness (QED) is 0.851. The van der Waals surface area contributed by atoms with Gasteiger partial charge in [-0.2, -0.15) is 0 Å². The van der Waals surface area contributed by atoms with Gasteiger partial charge in [0.2, 0.25) is 0 Å². The minimum absolute atomic E-state index is 0.295. The fourth-order valence-corrected chi connectivity index (χ4v) is 2.49. The number of hydrogen-bond donors (Lipinski definition) is 1. The van der Waals surface area contributed by atoms with Crippen LogP contribution in [0.1, 0.15) is 39.7 Å². The summed E-state index contributed by atoms with van der Waals surface area (Å²) in [7, 11) is 2.20. The van der Waals surface area contributed by atoms with E-state index in [2.05, 4.69) is 63.2 Å². The van der Waals surface area contributed by atoms with Crippen LogP contribution in [0.2, 0.25) is 0 Å². The van der Waals surface area contributed by atoms with E-state index in [-0.39, 0.29) is 0 Å². The predicted molar refractivity (Wildman–Crippen MR) is 80.6 cm³/mol. The molecular weight excluding hydrogens is 220 g/mol. The predicted octanol–water partition coefficient (Wildman–Crippen LogP) is 3.92. The van der Waals surface area contributed by atoms with Crippen molar-refractivity contribution in [1.82, 2.24) is 0 Å². The second-order valence-corrected chi connectivity index (χ2v) is 6.52. The molecule has 0 saturated carbocycles. The van der Waals surface area contributed by atoms with E-state index < -0.39 is 0 Å². The minimum atomic E-state index is 0.295. The fraction of sp³-hybridized carbons (Fsp3) is 0.625. The first-order valence-electron chi connectivity index (χ1n) is 6.99. The lowest BCUT2D eigenvalue weighted by molar-refractivity contribution is 0.330. The molecule has 2 heteroatoms. The van der Waals surface area contributed by atoms with Crippen LogP contribution in [0.3, 0.4) is 0 Å². The smallest absolute Gasteiger partial charge is 0.0374 e. The number of fused-ring (bicyclic) bond motifs is 1. The Hall–Kier alpha value is -1.18. The molecule has 0 bridgehead atoms. The van der Waals surface area contributed by atoms with Crippen LogP contribution < -0.4 is 10.2 Å². The van der Waals surface area contributed by atoms with Gasteiger partial charge in [0.15, 0.2) is 0 Å². The van der Waals surface area contributed by atoms with E-state index in [1.165, 1.54) is 29.8 Å². The van der Waals surface area contributed by atoms with Crippen molar-refractivity contribution >= 4 is 11.4 Å². The fourth-order valence-electron chi connectivity index (χ4n) is 2.49. The van der Waals surface area contributed by atoms with E-state index in [9.17, 15) is 0 Å². The number of hydrogen-bond acceptors (Lipinski definition) is 2. The Morgan fingerprint density at radius 2 is 2.00 bits per heavy atom. The summed E-state index contributed by atoms with van der Waals surface area (Å²) in [4.78, 5) is 2.40. The summed E-state index contributed by atoms with van der Waals surface area (Å²) >= 11 is 0. The summed E-state index contributed by atoms with van der Waals surface area (Å²) in [5, 5.41) is 3.47. The molecule has 1 aromatic carbocycles. The van der Waals surface area contributed by atoms with Crippen molar-refractivity contribution < 1.29 is 0 Å². The molecule has 1 heterocycles. The Labute approximate surface area is 111 Å². The van der Waals surface area contributed by atoms with E-state index in [0.717, 1.165) is 6.54 Å². The zero-order chi connectivity index (χ0) is 13.3. The maximum atomic E-state index is 3.47. The third-order valence-electron chi connectivity index (χ3n) is 4.27. The van der Waals surface area contributed by atoms with E-state index in [1.54, 1.807) is 0 Å². The normalized spacial score (nSPS) is 16.7. The molecule has 1 unspecified atom stereocenters. The van der Waals surface area contributed by atoms with E-state index in [4.69, 9.17) is 0 Å². The molecule has 1 atom stereocenters. The molecule has 0 aliphatic carbocycles. The standard InChI is InChI=1S/C16H26N2/c1-12(16(2,3)4)18(5)14-8-9-15-13(11-14)7-6-10-17-15/h8-9,11-12,17H,6-7,10H2,1-5H3. The van der Waals surface area contributed by atoms with Gasteiger partial charge in [-0.3, -0.25) is 0 Å². The largest absolute Gasteiger partial charge is 0.385 e. The first-order chi connectivity index (χ1) is 8.39. The van der Waals surface area contributed by atoms with Crippen LogP contribution >= 0.6 is 0 Å². The van der Waals surface area contributed by atoms with Gasteiger partial charge in [-0.25, -0.2) is 0 Å². The molecule has 0 radical (unpaired) electrons. The van der Waals surface area contributed by atoms with Crippen molar-refractivity contribution in [3.63, 3.8) is 0 Å². The molecule has 0 aromatic heterocycles. The number of rotatable bonds is 2. The van der Waals surface area contributed by atoms with Crippen molar-refractivity contribution in [1.29, 1.82) is 0 Å². The second-order valence-electron chi connectivity index (χ2n) is 6.52. The minimum Gasteiger partial charge on any atom is -0.385 e. The van der Waals surface area contributed by atoms with Crippen LogP contribution in [0.4, 0.5) is 11.4 Å². The number of aryl methyl sites for hydroxylation is 1. The van der Waals surface area contributed by atoms with Crippen LogP contribution in [-0.2, 0) is 6.42 Å². The van der Waals surface area contributed by atoms with E-state index in [1.807, 2.05) is 0 Å². The molecule has 1 aliphatic rings.